The summed E-state index contributed by atoms with van der Waals surface area (Å²) in [6.45, 7) is 5.22. The van der Waals surface area contributed by atoms with E-state index in [1.165, 1.54) is 6.92 Å². The number of hydrogen-bond acceptors (Lipinski definition) is 4. The van der Waals surface area contributed by atoms with Crippen molar-refractivity contribution in [1.29, 1.82) is 0 Å². The molecule has 186 valence electrons. The summed E-state index contributed by atoms with van der Waals surface area (Å²) in [6, 6.07) is 16.4. The van der Waals surface area contributed by atoms with Gasteiger partial charge in [0, 0.05) is 37.9 Å². The van der Waals surface area contributed by atoms with Crippen molar-refractivity contribution in [2.45, 2.75) is 38.2 Å². The monoisotopic (exact) mass is 490 g/mol. The average molecular weight is 491 g/mol. The van der Waals surface area contributed by atoms with E-state index in [1.807, 2.05) is 31.2 Å². The predicted molar refractivity (Wildman–Crippen MR) is 133 cm³/mol. The Morgan fingerprint density at radius 2 is 1.89 bits per heavy atom. The van der Waals surface area contributed by atoms with Gasteiger partial charge in [-0.3, -0.25) is 4.79 Å². The predicted octanol–water partition coefficient (Wildman–Crippen LogP) is 4.76. The molecule has 1 fully saturated rings. The summed E-state index contributed by atoms with van der Waals surface area (Å²) >= 11 is 0. The number of ether oxygens (including phenoxy) is 1. The largest absolute Gasteiger partial charge is 0.450 e. The van der Waals surface area contributed by atoms with E-state index >= 15 is 0 Å². The Balaban J connectivity index is 1.52. The summed E-state index contributed by atoms with van der Waals surface area (Å²) in [5.74, 6) is -2.96. The number of carbonyl (C=O) groups is 2. The van der Waals surface area contributed by atoms with E-state index in [9.17, 15) is 18.4 Å². The van der Waals surface area contributed by atoms with Crippen LogP contribution in [0.5, 0.6) is 0 Å². The Hall–Kier alpha value is -3.58. The molecule has 2 heterocycles. The van der Waals surface area contributed by atoms with Gasteiger partial charge < -0.3 is 15.4 Å². The van der Waals surface area contributed by atoms with Crippen molar-refractivity contribution in [3.63, 3.8) is 0 Å². The van der Waals surface area contributed by atoms with Crippen LogP contribution in [0.25, 0.3) is 11.1 Å². The molecule has 0 saturated carbocycles. The van der Waals surface area contributed by atoms with Crippen molar-refractivity contribution in [2.24, 2.45) is 0 Å². The van der Waals surface area contributed by atoms with E-state index in [1.54, 1.807) is 0 Å². The molecule has 0 bridgehead atoms. The summed E-state index contributed by atoms with van der Waals surface area (Å²) in [7, 11) is 0. The van der Waals surface area contributed by atoms with Crippen molar-refractivity contribution in [3.8, 4) is 11.1 Å². The third kappa shape index (κ3) is 4.17. The van der Waals surface area contributed by atoms with Crippen molar-refractivity contribution in [3.05, 3.63) is 94.0 Å². The number of fused-ring (bicyclic) bond motifs is 2. The number of aryl methyl sites for hydroxylation is 1. The van der Waals surface area contributed by atoms with Gasteiger partial charge in [-0.1, -0.05) is 42.5 Å². The normalized spacial score (nSPS) is 20.8. The highest BCUT2D eigenvalue weighted by molar-refractivity contribution is 5.95. The zero-order valence-electron chi connectivity index (χ0n) is 20.3. The average Bonchev–Trinajstić information content (AvgIpc) is 3.10. The molecule has 36 heavy (non-hydrogen) atoms. The van der Waals surface area contributed by atoms with Crippen LogP contribution in [0.15, 0.2) is 54.6 Å². The lowest BCUT2D eigenvalue weighted by Gasteiger charge is -2.41. The maximum atomic E-state index is 14.3. The molecule has 2 aliphatic heterocycles. The fraction of sp³-hybridized carbons (Fsp3) is 0.310. The Morgan fingerprint density at radius 3 is 2.67 bits per heavy atom. The first-order valence-corrected chi connectivity index (χ1v) is 12.2. The zero-order valence-corrected chi connectivity index (χ0v) is 20.3. The quantitative estimate of drug-likeness (QED) is 0.506. The Labute approximate surface area is 208 Å². The number of amides is 1. The molecule has 3 aromatic rings. The van der Waals surface area contributed by atoms with Gasteiger partial charge in [0.1, 0.15) is 5.60 Å². The third-order valence-corrected chi connectivity index (χ3v) is 7.34. The minimum atomic E-state index is -1.05. The molecule has 2 aliphatic rings. The van der Waals surface area contributed by atoms with Crippen molar-refractivity contribution in [1.82, 2.24) is 10.6 Å². The van der Waals surface area contributed by atoms with Gasteiger partial charge in [0.25, 0.3) is 0 Å². The fourth-order valence-electron chi connectivity index (χ4n) is 5.63. The van der Waals surface area contributed by atoms with E-state index in [0.717, 1.165) is 39.9 Å². The molecule has 0 radical (unpaired) electrons. The standard InChI is InChI=1S/C29H28F2N2O3/c1-17-13-20(22-6-4-3-5-19(22)9-11-33-18(2)34)7-8-21(17)25-16-32-12-10-29(25)24-15-27(31)26(30)14-23(24)28(35)36-29/h3-8,13-15,25,32H,9-12,16H2,1-2H3,(H,33,34)/t25-,29+/m1/s1. The summed E-state index contributed by atoms with van der Waals surface area (Å²) in [5, 5.41) is 6.22. The number of hydrogen-bond donors (Lipinski definition) is 2. The maximum Gasteiger partial charge on any atom is 0.339 e. The van der Waals surface area contributed by atoms with Gasteiger partial charge in [-0.15, -0.1) is 0 Å². The molecule has 5 nitrogen and oxygen atoms in total. The molecular weight excluding hydrogens is 462 g/mol. The number of nitrogens with one attached hydrogen (secondary N) is 2. The minimum absolute atomic E-state index is 0.0560. The summed E-state index contributed by atoms with van der Waals surface area (Å²) in [5.41, 5.74) is 4.75. The molecule has 5 rings (SSSR count). The molecule has 2 atom stereocenters. The van der Waals surface area contributed by atoms with E-state index in [-0.39, 0.29) is 17.4 Å². The Kier molecular flexibility index (Phi) is 6.35. The van der Waals surface area contributed by atoms with Crippen LogP contribution < -0.4 is 10.6 Å². The number of carbonyl (C=O) groups excluding carboxylic acids is 2. The van der Waals surface area contributed by atoms with Crippen LogP contribution in [0.2, 0.25) is 0 Å². The van der Waals surface area contributed by atoms with Crippen LogP contribution in [0.3, 0.4) is 0 Å². The molecule has 0 aliphatic carbocycles. The van der Waals surface area contributed by atoms with E-state index in [2.05, 4.69) is 28.8 Å². The van der Waals surface area contributed by atoms with E-state index in [0.29, 0.717) is 38.0 Å². The van der Waals surface area contributed by atoms with Gasteiger partial charge in [0.05, 0.1) is 5.56 Å². The Morgan fingerprint density at radius 1 is 1.11 bits per heavy atom. The fourth-order valence-corrected chi connectivity index (χ4v) is 5.63. The molecule has 0 unspecified atom stereocenters. The molecule has 2 N–H and O–H groups in total. The van der Waals surface area contributed by atoms with Crippen LogP contribution in [0.1, 0.15) is 51.9 Å². The lowest BCUT2D eigenvalue weighted by atomic mass is 9.72. The molecule has 1 amide bonds. The molecular formula is C29H28F2N2O3. The maximum absolute atomic E-state index is 14.3. The highest BCUT2D eigenvalue weighted by atomic mass is 19.2. The second-order valence-electron chi connectivity index (χ2n) is 9.56. The highest BCUT2D eigenvalue weighted by Crippen LogP contribution is 2.51. The first-order chi connectivity index (χ1) is 17.3. The lowest BCUT2D eigenvalue weighted by Crippen LogP contribution is -2.47. The van der Waals surface area contributed by atoms with Crippen molar-refractivity contribution < 1.29 is 23.1 Å². The number of benzene rings is 3. The zero-order chi connectivity index (χ0) is 25.4. The van der Waals surface area contributed by atoms with Gasteiger partial charge in [0.15, 0.2) is 11.6 Å². The number of halogens is 2. The number of esters is 1. The molecule has 3 aromatic carbocycles. The number of piperidine rings is 1. The lowest BCUT2D eigenvalue weighted by molar-refractivity contribution is -0.118. The van der Waals surface area contributed by atoms with E-state index < -0.39 is 23.2 Å². The summed E-state index contributed by atoms with van der Waals surface area (Å²) < 4.78 is 34.1. The molecule has 0 aromatic heterocycles. The first kappa shape index (κ1) is 24.1. The second kappa shape index (κ2) is 9.47. The second-order valence-corrected chi connectivity index (χ2v) is 9.56. The topological polar surface area (TPSA) is 67.4 Å². The van der Waals surface area contributed by atoms with Gasteiger partial charge in [-0.05, 0) is 59.8 Å². The van der Waals surface area contributed by atoms with Crippen LogP contribution in [-0.4, -0.2) is 31.5 Å². The smallest absolute Gasteiger partial charge is 0.339 e. The summed E-state index contributed by atoms with van der Waals surface area (Å²) in [4.78, 5) is 24.0. The van der Waals surface area contributed by atoms with Gasteiger partial charge >= 0.3 is 5.97 Å². The van der Waals surface area contributed by atoms with Crippen LogP contribution >= 0.6 is 0 Å². The van der Waals surface area contributed by atoms with Crippen molar-refractivity contribution in [2.75, 3.05) is 19.6 Å². The van der Waals surface area contributed by atoms with Gasteiger partial charge in [-0.2, -0.15) is 0 Å². The third-order valence-electron chi connectivity index (χ3n) is 7.34. The molecule has 7 heteroatoms. The first-order valence-electron chi connectivity index (χ1n) is 12.2. The van der Waals surface area contributed by atoms with Crippen LogP contribution in [-0.2, 0) is 21.6 Å². The molecule has 1 spiro atoms. The van der Waals surface area contributed by atoms with Crippen LogP contribution in [0.4, 0.5) is 8.78 Å². The van der Waals surface area contributed by atoms with Crippen molar-refractivity contribution >= 4 is 11.9 Å². The molecule has 1 saturated heterocycles. The Bertz CT molecular complexity index is 1360. The summed E-state index contributed by atoms with van der Waals surface area (Å²) in [6.07, 6.45) is 1.18. The SMILES string of the molecule is CC(=O)NCCc1ccccc1-c1ccc([C@H]2CNCC[C@@]23OC(=O)c2cc(F)c(F)cc23)c(C)c1. The highest BCUT2D eigenvalue weighted by Gasteiger charge is 2.53. The van der Waals surface area contributed by atoms with Gasteiger partial charge in [-0.25, -0.2) is 13.6 Å². The van der Waals surface area contributed by atoms with Gasteiger partial charge in [0.2, 0.25) is 5.91 Å². The minimum Gasteiger partial charge on any atom is -0.450 e. The van der Waals surface area contributed by atoms with Crippen LogP contribution in [0, 0.1) is 18.6 Å². The number of rotatable bonds is 5. The van der Waals surface area contributed by atoms with E-state index in [4.69, 9.17) is 4.74 Å².